The summed E-state index contributed by atoms with van der Waals surface area (Å²) in [5.41, 5.74) is 0.868. The van der Waals surface area contributed by atoms with Gasteiger partial charge in [0.05, 0.1) is 19.8 Å². The van der Waals surface area contributed by atoms with Crippen molar-refractivity contribution < 1.29 is 28.4 Å². The Morgan fingerprint density at radius 3 is 1.91 bits per heavy atom. The van der Waals surface area contributed by atoms with E-state index in [0.717, 1.165) is 25.4 Å². The number of hydrogen-bond donors (Lipinski definition) is 0. The summed E-state index contributed by atoms with van der Waals surface area (Å²) in [7, 11) is 0. The molecule has 3 unspecified atom stereocenters. The molecule has 3 aliphatic rings. The smallest absolute Gasteiger partial charge is 0.204 e. The average molecular weight is 320 g/mol. The number of hydrogen-bond acceptors (Lipinski definition) is 6. The van der Waals surface area contributed by atoms with Crippen LogP contribution in [0, 0.1) is 0 Å². The van der Waals surface area contributed by atoms with Crippen molar-refractivity contribution in [2.45, 2.75) is 18.3 Å². The fourth-order valence-corrected chi connectivity index (χ4v) is 2.15. The quantitative estimate of drug-likeness (QED) is 0.611. The maximum Gasteiger partial charge on any atom is 0.204 e. The van der Waals surface area contributed by atoms with Gasteiger partial charge in [-0.2, -0.15) is 0 Å². The minimum absolute atomic E-state index is 0.154. The van der Waals surface area contributed by atoms with Gasteiger partial charge in [-0.25, -0.2) is 0 Å². The van der Waals surface area contributed by atoms with Crippen LogP contribution in [0.25, 0.3) is 6.08 Å². The predicted octanol–water partition coefficient (Wildman–Crippen LogP) is 1.66. The van der Waals surface area contributed by atoms with E-state index in [4.69, 9.17) is 28.4 Å². The van der Waals surface area contributed by atoms with Crippen molar-refractivity contribution in [1.82, 2.24) is 0 Å². The second-order valence-electron chi connectivity index (χ2n) is 5.81. The third-order valence-electron chi connectivity index (χ3n) is 3.79. The molecule has 3 aliphatic heterocycles. The first-order chi connectivity index (χ1) is 11.3. The van der Waals surface area contributed by atoms with Crippen LogP contribution in [-0.4, -0.2) is 58.0 Å². The van der Waals surface area contributed by atoms with Gasteiger partial charge in [-0.1, -0.05) is 12.7 Å². The van der Waals surface area contributed by atoms with Crippen LogP contribution >= 0.6 is 0 Å². The van der Waals surface area contributed by atoms with Gasteiger partial charge in [-0.05, 0) is 12.1 Å². The summed E-state index contributed by atoms with van der Waals surface area (Å²) in [6.45, 7) is 7.55. The van der Waals surface area contributed by atoms with Crippen LogP contribution in [0.1, 0.15) is 5.56 Å². The van der Waals surface area contributed by atoms with E-state index in [1.165, 1.54) is 0 Å². The molecule has 6 nitrogen and oxygen atoms in total. The molecule has 3 heterocycles. The van der Waals surface area contributed by atoms with E-state index < -0.39 is 0 Å². The van der Waals surface area contributed by atoms with Gasteiger partial charge in [0.25, 0.3) is 0 Å². The van der Waals surface area contributed by atoms with Crippen molar-refractivity contribution in [3.8, 4) is 17.2 Å². The van der Waals surface area contributed by atoms with Gasteiger partial charge in [0, 0.05) is 5.56 Å². The molecular formula is C17H20O6. The van der Waals surface area contributed by atoms with Crippen LogP contribution < -0.4 is 14.2 Å². The average Bonchev–Trinajstić information content (AvgIpc) is 3.42. The lowest BCUT2D eigenvalue weighted by Crippen LogP contribution is -2.12. The molecule has 4 rings (SSSR count). The van der Waals surface area contributed by atoms with E-state index in [0.29, 0.717) is 37.1 Å². The number of ether oxygens (including phenoxy) is 6. The molecule has 6 heteroatoms. The normalized spacial score (nSPS) is 27.2. The molecule has 0 aromatic heterocycles. The molecular weight excluding hydrogens is 300 g/mol. The van der Waals surface area contributed by atoms with Gasteiger partial charge < -0.3 is 28.4 Å². The zero-order chi connectivity index (χ0) is 15.6. The Kier molecular flexibility index (Phi) is 4.11. The molecule has 0 saturated carbocycles. The lowest BCUT2D eigenvalue weighted by atomic mass is 10.1. The third kappa shape index (κ3) is 3.96. The highest BCUT2D eigenvalue weighted by molar-refractivity contribution is 5.65. The predicted molar refractivity (Wildman–Crippen MR) is 82.2 cm³/mol. The zero-order valence-corrected chi connectivity index (χ0v) is 12.9. The molecule has 0 amide bonds. The molecule has 124 valence electrons. The molecule has 0 radical (unpaired) electrons. The van der Waals surface area contributed by atoms with Crippen LogP contribution in [-0.2, 0) is 14.2 Å². The summed E-state index contributed by atoms with van der Waals surface area (Å²) in [4.78, 5) is 0. The molecule has 0 aliphatic carbocycles. The fraction of sp³-hybridized carbons (Fsp3) is 0.529. The van der Waals surface area contributed by atoms with E-state index in [-0.39, 0.29) is 18.3 Å². The van der Waals surface area contributed by atoms with Crippen LogP contribution in [0.2, 0.25) is 0 Å². The van der Waals surface area contributed by atoms with Crippen molar-refractivity contribution in [2.75, 3.05) is 39.6 Å². The highest BCUT2D eigenvalue weighted by Gasteiger charge is 2.29. The molecule has 1 aromatic rings. The van der Waals surface area contributed by atoms with Gasteiger partial charge >= 0.3 is 0 Å². The van der Waals surface area contributed by atoms with Crippen LogP contribution in [0.4, 0.5) is 0 Å². The largest absolute Gasteiger partial charge is 0.487 e. The van der Waals surface area contributed by atoms with Gasteiger partial charge in [-0.15, -0.1) is 0 Å². The molecule has 3 atom stereocenters. The van der Waals surface area contributed by atoms with Gasteiger partial charge in [0.1, 0.15) is 38.1 Å². The van der Waals surface area contributed by atoms with E-state index in [2.05, 4.69) is 6.58 Å². The van der Waals surface area contributed by atoms with E-state index >= 15 is 0 Å². The third-order valence-corrected chi connectivity index (χ3v) is 3.79. The van der Waals surface area contributed by atoms with E-state index in [1.54, 1.807) is 6.08 Å². The van der Waals surface area contributed by atoms with Crippen LogP contribution in [0.5, 0.6) is 17.2 Å². The van der Waals surface area contributed by atoms with Gasteiger partial charge in [0.2, 0.25) is 5.75 Å². The topological polar surface area (TPSA) is 65.3 Å². The Hall–Kier alpha value is -1.76. The minimum Gasteiger partial charge on any atom is -0.487 e. The Labute approximate surface area is 134 Å². The minimum atomic E-state index is 0.154. The van der Waals surface area contributed by atoms with Crippen molar-refractivity contribution in [3.05, 3.63) is 24.3 Å². The maximum atomic E-state index is 5.94. The Balaban J connectivity index is 1.55. The lowest BCUT2D eigenvalue weighted by Gasteiger charge is -2.18. The summed E-state index contributed by atoms with van der Waals surface area (Å²) in [6, 6.07) is 3.79. The number of rotatable bonds is 10. The second-order valence-corrected chi connectivity index (χ2v) is 5.81. The Morgan fingerprint density at radius 1 is 0.870 bits per heavy atom. The highest BCUT2D eigenvalue weighted by atomic mass is 16.6. The molecule has 0 N–H and O–H groups in total. The highest BCUT2D eigenvalue weighted by Crippen LogP contribution is 2.42. The molecule has 23 heavy (non-hydrogen) atoms. The number of benzene rings is 1. The summed E-state index contributed by atoms with van der Waals surface area (Å²) in [6.07, 6.45) is 2.24. The summed E-state index contributed by atoms with van der Waals surface area (Å²) in [5.74, 6) is 1.89. The second kappa shape index (κ2) is 6.39. The Morgan fingerprint density at radius 2 is 1.39 bits per heavy atom. The van der Waals surface area contributed by atoms with Crippen LogP contribution in [0.3, 0.4) is 0 Å². The summed E-state index contributed by atoms with van der Waals surface area (Å²) in [5, 5.41) is 0. The zero-order valence-electron chi connectivity index (χ0n) is 12.9. The number of epoxide rings is 3. The monoisotopic (exact) mass is 320 g/mol. The van der Waals surface area contributed by atoms with Crippen molar-refractivity contribution in [3.63, 3.8) is 0 Å². The van der Waals surface area contributed by atoms with Gasteiger partial charge in [-0.3, -0.25) is 0 Å². The first-order valence-corrected chi connectivity index (χ1v) is 7.86. The first kappa shape index (κ1) is 14.8. The maximum absolute atomic E-state index is 5.94. The van der Waals surface area contributed by atoms with Crippen LogP contribution in [0.15, 0.2) is 18.7 Å². The molecule has 0 bridgehead atoms. The van der Waals surface area contributed by atoms with Crippen molar-refractivity contribution in [2.24, 2.45) is 0 Å². The Bertz CT molecular complexity index is 575. The van der Waals surface area contributed by atoms with Crippen molar-refractivity contribution in [1.29, 1.82) is 0 Å². The lowest BCUT2D eigenvalue weighted by molar-refractivity contribution is 0.208. The molecule has 3 saturated heterocycles. The van der Waals surface area contributed by atoms with Crippen molar-refractivity contribution >= 4 is 6.08 Å². The first-order valence-electron chi connectivity index (χ1n) is 7.86. The molecule has 3 fully saturated rings. The summed E-state index contributed by atoms with van der Waals surface area (Å²) < 4.78 is 33.3. The van der Waals surface area contributed by atoms with E-state index in [9.17, 15) is 0 Å². The van der Waals surface area contributed by atoms with Gasteiger partial charge in [0.15, 0.2) is 11.5 Å². The van der Waals surface area contributed by atoms with E-state index in [1.807, 2.05) is 12.1 Å². The fourth-order valence-electron chi connectivity index (χ4n) is 2.15. The summed E-state index contributed by atoms with van der Waals surface area (Å²) >= 11 is 0. The SMILES string of the molecule is C=Cc1ccc(OCC2CO2)c(OCC2CO2)c1OCC1CO1. The molecule has 0 spiro atoms. The molecule has 1 aromatic carbocycles. The standard InChI is InChI=1S/C17H20O6/c1-2-11-3-4-15(21-8-12-5-18-12)17(23-10-14-7-20-14)16(11)22-9-13-6-19-13/h2-4,12-14H,1,5-10H2.